The summed E-state index contributed by atoms with van der Waals surface area (Å²) in [7, 11) is 0. The second-order valence-electron chi connectivity index (χ2n) is 7.23. The van der Waals surface area contributed by atoms with Gasteiger partial charge < -0.3 is 14.8 Å². The Labute approximate surface area is 180 Å². The quantitative estimate of drug-likeness (QED) is 0.647. The van der Waals surface area contributed by atoms with Crippen LogP contribution in [0.1, 0.15) is 22.7 Å². The predicted octanol–water partition coefficient (Wildman–Crippen LogP) is 2.51. The number of carbonyl (C=O) groups excluding carboxylic acids is 1. The van der Waals surface area contributed by atoms with E-state index in [1.807, 2.05) is 16.5 Å². The number of aromatic amines is 1. The highest BCUT2D eigenvalue weighted by Crippen LogP contribution is 2.34. The Kier molecular flexibility index (Phi) is 5.31. The van der Waals surface area contributed by atoms with Crippen LogP contribution in [0.3, 0.4) is 0 Å². The van der Waals surface area contributed by atoms with Crippen LogP contribution >= 0.6 is 34.4 Å². The molecule has 4 heterocycles. The van der Waals surface area contributed by atoms with E-state index in [1.54, 1.807) is 22.7 Å². The molecule has 0 saturated carbocycles. The molecule has 10 heteroatoms. The molecular formula is C19H21N5O2S3. The Balaban J connectivity index is 1.15. The standard InChI is InChI=1S/C19H21N5O2S3/c25-15(23-5-7-24(8-6-23)19-20-4-9-28-19)11-27-10-14-21-17(26)16-12-2-1-3-13(12)29-18(16)22-14/h4,9H,1-3,5-8,10-11H2,(H,21,22,26). The lowest BCUT2D eigenvalue weighted by molar-refractivity contribution is -0.128. The van der Waals surface area contributed by atoms with Crippen LogP contribution in [-0.4, -0.2) is 57.7 Å². The molecule has 0 radical (unpaired) electrons. The van der Waals surface area contributed by atoms with Crippen molar-refractivity contribution in [3.63, 3.8) is 0 Å². The van der Waals surface area contributed by atoms with Crippen molar-refractivity contribution in [1.29, 1.82) is 0 Å². The van der Waals surface area contributed by atoms with Gasteiger partial charge in [0, 0.05) is 42.6 Å². The molecule has 2 aliphatic rings. The molecule has 0 aromatic carbocycles. The highest BCUT2D eigenvalue weighted by Gasteiger charge is 2.23. The Hall–Kier alpha value is -1.91. The molecular weight excluding hydrogens is 426 g/mol. The van der Waals surface area contributed by atoms with Crippen molar-refractivity contribution in [2.75, 3.05) is 36.8 Å². The maximum Gasteiger partial charge on any atom is 0.259 e. The largest absolute Gasteiger partial charge is 0.345 e. The first kappa shape index (κ1) is 19.1. The summed E-state index contributed by atoms with van der Waals surface area (Å²) in [4.78, 5) is 43.3. The number of piperazine rings is 1. The molecule has 0 spiro atoms. The average Bonchev–Trinajstić information content (AvgIpc) is 3.45. The average molecular weight is 448 g/mol. The number of rotatable bonds is 5. The summed E-state index contributed by atoms with van der Waals surface area (Å²) in [6.45, 7) is 3.08. The first-order valence-electron chi connectivity index (χ1n) is 9.72. The predicted molar refractivity (Wildman–Crippen MR) is 119 cm³/mol. The van der Waals surface area contributed by atoms with Crippen LogP contribution in [0.5, 0.6) is 0 Å². The number of fused-ring (bicyclic) bond motifs is 3. The molecule has 1 N–H and O–H groups in total. The molecule has 1 fully saturated rings. The van der Waals surface area contributed by atoms with Gasteiger partial charge in [0.25, 0.3) is 5.56 Å². The maximum absolute atomic E-state index is 12.5. The molecule has 3 aromatic heterocycles. The maximum atomic E-state index is 12.5. The lowest BCUT2D eigenvalue weighted by atomic mass is 10.2. The third-order valence-corrected chi connectivity index (χ3v) is 8.36. The lowest BCUT2D eigenvalue weighted by Gasteiger charge is -2.34. The number of hydrogen-bond acceptors (Lipinski definition) is 8. The topological polar surface area (TPSA) is 82.2 Å². The number of thiazole rings is 1. The van der Waals surface area contributed by atoms with Crippen LogP contribution in [0, 0.1) is 0 Å². The summed E-state index contributed by atoms with van der Waals surface area (Å²) >= 11 is 4.80. The number of carbonyl (C=O) groups is 1. The summed E-state index contributed by atoms with van der Waals surface area (Å²) in [5, 5.41) is 3.78. The zero-order valence-corrected chi connectivity index (χ0v) is 18.3. The highest BCUT2D eigenvalue weighted by molar-refractivity contribution is 7.99. The molecule has 1 aliphatic carbocycles. The van der Waals surface area contributed by atoms with Crippen LogP contribution in [0.25, 0.3) is 10.2 Å². The van der Waals surface area contributed by atoms with Gasteiger partial charge in [-0.2, -0.15) is 0 Å². The molecule has 152 valence electrons. The fourth-order valence-corrected chi connectivity index (χ4v) is 6.73. The normalized spacial score (nSPS) is 16.6. The first-order chi connectivity index (χ1) is 14.2. The fourth-order valence-electron chi connectivity index (χ4n) is 3.96. The van der Waals surface area contributed by atoms with Gasteiger partial charge in [-0.05, 0) is 24.8 Å². The van der Waals surface area contributed by atoms with E-state index in [2.05, 4.69) is 19.9 Å². The van der Waals surface area contributed by atoms with Crippen LogP contribution in [0.2, 0.25) is 0 Å². The Morgan fingerprint density at radius 3 is 2.90 bits per heavy atom. The number of thiophene rings is 1. The van der Waals surface area contributed by atoms with Gasteiger partial charge in [0.2, 0.25) is 5.91 Å². The van der Waals surface area contributed by atoms with E-state index in [1.165, 1.54) is 22.2 Å². The molecule has 7 nitrogen and oxygen atoms in total. The van der Waals surface area contributed by atoms with E-state index in [0.717, 1.165) is 60.8 Å². The second kappa shape index (κ2) is 8.08. The van der Waals surface area contributed by atoms with Gasteiger partial charge in [-0.25, -0.2) is 9.97 Å². The lowest BCUT2D eigenvalue weighted by Crippen LogP contribution is -2.49. The molecule has 3 aromatic rings. The Bertz CT molecular complexity index is 1080. The van der Waals surface area contributed by atoms with Crippen molar-refractivity contribution in [1.82, 2.24) is 19.9 Å². The summed E-state index contributed by atoms with van der Waals surface area (Å²) in [6.07, 6.45) is 4.99. The van der Waals surface area contributed by atoms with E-state index in [4.69, 9.17) is 0 Å². The number of anilines is 1. The second-order valence-corrected chi connectivity index (χ2v) is 10.2. The van der Waals surface area contributed by atoms with Gasteiger partial charge in [0.1, 0.15) is 10.7 Å². The summed E-state index contributed by atoms with van der Waals surface area (Å²) in [6, 6.07) is 0. The monoisotopic (exact) mass is 447 g/mol. The van der Waals surface area contributed by atoms with Crippen molar-refractivity contribution in [3.8, 4) is 0 Å². The van der Waals surface area contributed by atoms with E-state index in [0.29, 0.717) is 17.3 Å². The van der Waals surface area contributed by atoms with Crippen LogP contribution in [0.15, 0.2) is 16.4 Å². The van der Waals surface area contributed by atoms with E-state index >= 15 is 0 Å². The zero-order valence-electron chi connectivity index (χ0n) is 15.8. The van der Waals surface area contributed by atoms with Crippen molar-refractivity contribution in [2.45, 2.75) is 25.0 Å². The zero-order chi connectivity index (χ0) is 19.8. The number of H-pyrrole nitrogens is 1. The van der Waals surface area contributed by atoms with Crippen LogP contribution in [-0.2, 0) is 23.4 Å². The van der Waals surface area contributed by atoms with Gasteiger partial charge in [-0.15, -0.1) is 34.4 Å². The SMILES string of the molecule is O=C(CSCc1nc2sc3c(c2c(=O)[nH]1)CCC3)N1CCN(c2nccs2)CC1. The molecule has 5 rings (SSSR count). The molecule has 0 unspecified atom stereocenters. The Morgan fingerprint density at radius 1 is 1.24 bits per heavy atom. The Morgan fingerprint density at radius 2 is 2.10 bits per heavy atom. The third kappa shape index (κ3) is 3.80. The van der Waals surface area contributed by atoms with Gasteiger partial charge in [-0.3, -0.25) is 9.59 Å². The summed E-state index contributed by atoms with van der Waals surface area (Å²) in [5.41, 5.74) is 1.17. The number of nitrogens with zero attached hydrogens (tertiary/aromatic N) is 4. The van der Waals surface area contributed by atoms with Crippen LogP contribution in [0.4, 0.5) is 5.13 Å². The number of hydrogen-bond donors (Lipinski definition) is 1. The van der Waals surface area contributed by atoms with Crippen molar-refractivity contribution >= 4 is 55.7 Å². The molecule has 0 bridgehead atoms. The molecule has 1 aliphatic heterocycles. The third-order valence-electron chi connectivity index (χ3n) is 5.41. The molecule has 1 saturated heterocycles. The van der Waals surface area contributed by atoms with E-state index in [9.17, 15) is 9.59 Å². The number of aromatic nitrogens is 3. The molecule has 29 heavy (non-hydrogen) atoms. The number of nitrogens with one attached hydrogen (secondary N) is 1. The van der Waals surface area contributed by atoms with Gasteiger partial charge in [0.15, 0.2) is 5.13 Å². The minimum absolute atomic E-state index is 0.0327. The van der Waals surface area contributed by atoms with Gasteiger partial charge >= 0.3 is 0 Å². The van der Waals surface area contributed by atoms with Crippen LogP contribution < -0.4 is 10.5 Å². The molecule has 0 atom stereocenters. The van der Waals surface area contributed by atoms with Gasteiger partial charge in [-0.1, -0.05) is 0 Å². The number of thioether (sulfide) groups is 1. The van der Waals surface area contributed by atoms with Crippen molar-refractivity contribution in [2.24, 2.45) is 0 Å². The van der Waals surface area contributed by atoms with E-state index < -0.39 is 0 Å². The summed E-state index contributed by atoms with van der Waals surface area (Å²) < 4.78 is 0. The molecule has 1 amide bonds. The first-order valence-corrected chi connectivity index (χ1v) is 12.6. The summed E-state index contributed by atoms with van der Waals surface area (Å²) in [5.74, 6) is 1.75. The van der Waals surface area contributed by atoms with E-state index in [-0.39, 0.29) is 11.5 Å². The highest BCUT2D eigenvalue weighted by atomic mass is 32.2. The van der Waals surface area contributed by atoms with Crippen molar-refractivity contribution in [3.05, 3.63) is 38.2 Å². The van der Waals surface area contributed by atoms with Crippen molar-refractivity contribution < 1.29 is 4.79 Å². The minimum Gasteiger partial charge on any atom is -0.345 e. The fraction of sp³-hybridized carbons (Fsp3) is 0.474. The van der Waals surface area contributed by atoms with Gasteiger partial charge in [0.05, 0.1) is 16.9 Å². The number of amides is 1. The number of aryl methyl sites for hydroxylation is 2. The smallest absolute Gasteiger partial charge is 0.259 e. The minimum atomic E-state index is -0.0327.